The van der Waals surface area contributed by atoms with Gasteiger partial charge in [-0.25, -0.2) is 13.6 Å². The average Bonchev–Trinajstić information content (AvgIpc) is 2.56. The summed E-state index contributed by atoms with van der Waals surface area (Å²) in [5, 5.41) is 2.59. The van der Waals surface area contributed by atoms with Crippen molar-refractivity contribution < 1.29 is 27.8 Å². The fourth-order valence-electron chi connectivity index (χ4n) is 1.81. The van der Waals surface area contributed by atoms with Crippen LogP contribution in [0.1, 0.15) is 6.92 Å². The standard InChI is InChI=1S/C17H14ClF2NO4/c1-10(17(23)21-15-8-12(19)5-6-14(15)20)25-16(22)9-24-13-4-2-3-11(18)7-13/h2-8,10H,9H2,1H3,(H,21,23)/t10-/m0/s1. The third-order valence-corrected chi connectivity index (χ3v) is 3.25. The molecule has 0 saturated carbocycles. The van der Waals surface area contributed by atoms with E-state index in [1.807, 2.05) is 0 Å². The topological polar surface area (TPSA) is 64.6 Å². The van der Waals surface area contributed by atoms with Gasteiger partial charge in [-0.2, -0.15) is 0 Å². The Kier molecular flexibility index (Phi) is 6.30. The number of hydrogen-bond donors (Lipinski definition) is 1. The summed E-state index contributed by atoms with van der Waals surface area (Å²) in [5.74, 6) is -2.76. The van der Waals surface area contributed by atoms with Gasteiger partial charge in [0, 0.05) is 11.1 Å². The number of carbonyl (C=O) groups excluding carboxylic acids is 2. The zero-order chi connectivity index (χ0) is 18.4. The highest BCUT2D eigenvalue weighted by atomic mass is 35.5. The van der Waals surface area contributed by atoms with Gasteiger partial charge in [0.05, 0.1) is 5.69 Å². The van der Waals surface area contributed by atoms with Gasteiger partial charge in [-0.1, -0.05) is 17.7 Å². The number of halogens is 3. The van der Waals surface area contributed by atoms with Crippen LogP contribution in [-0.2, 0) is 14.3 Å². The van der Waals surface area contributed by atoms with Crippen molar-refractivity contribution in [2.24, 2.45) is 0 Å². The van der Waals surface area contributed by atoms with Crippen LogP contribution < -0.4 is 10.1 Å². The molecule has 0 bridgehead atoms. The van der Waals surface area contributed by atoms with Crippen LogP contribution in [0.15, 0.2) is 42.5 Å². The van der Waals surface area contributed by atoms with Gasteiger partial charge in [0.25, 0.3) is 5.91 Å². The van der Waals surface area contributed by atoms with Crippen molar-refractivity contribution >= 4 is 29.2 Å². The van der Waals surface area contributed by atoms with Crippen molar-refractivity contribution in [2.75, 3.05) is 11.9 Å². The predicted molar refractivity (Wildman–Crippen MR) is 87.5 cm³/mol. The molecule has 2 rings (SSSR count). The smallest absolute Gasteiger partial charge is 0.344 e. The zero-order valence-electron chi connectivity index (χ0n) is 13.1. The molecular weight excluding hydrogens is 356 g/mol. The van der Waals surface area contributed by atoms with Gasteiger partial charge in [0.15, 0.2) is 12.7 Å². The van der Waals surface area contributed by atoms with E-state index in [1.165, 1.54) is 13.0 Å². The monoisotopic (exact) mass is 369 g/mol. The lowest BCUT2D eigenvalue weighted by atomic mass is 10.2. The maximum atomic E-state index is 13.5. The highest BCUT2D eigenvalue weighted by Gasteiger charge is 2.19. The molecule has 1 atom stereocenters. The van der Waals surface area contributed by atoms with E-state index >= 15 is 0 Å². The maximum absolute atomic E-state index is 13.5. The third-order valence-electron chi connectivity index (χ3n) is 3.02. The van der Waals surface area contributed by atoms with Crippen LogP contribution in [0.4, 0.5) is 14.5 Å². The van der Waals surface area contributed by atoms with Gasteiger partial charge in [0.2, 0.25) is 0 Å². The van der Waals surface area contributed by atoms with Crippen molar-refractivity contribution in [1.29, 1.82) is 0 Å². The summed E-state index contributed by atoms with van der Waals surface area (Å²) in [7, 11) is 0. The molecule has 5 nitrogen and oxygen atoms in total. The molecular formula is C17H14ClF2NO4. The lowest BCUT2D eigenvalue weighted by molar-refractivity contribution is -0.155. The summed E-state index contributed by atoms with van der Waals surface area (Å²) in [6, 6.07) is 9.02. The number of rotatable bonds is 6. The summed E-state index contributed by atoms with van der Waals surface area (Å²) < 4.78 is 36.6. The Morgan fingerprint density at radius 2 is 1.96 bits per heavy atom. The van der Waals surface area contributed by atoms with Crippen LogP contribution in [0, 0.1) is 11.6 Å². The minimum Gasteiger partial charge on any atom is -0.482 e. The highest BCUT2D eigenvalue weighted by Crippen LogP contribution is 2.17. The normalized spacial score (nSPS) is 11.5. The first-order valence-corrected chi connectivity index (χ1v) is 7.56. The van der Waals surface area contributed by atoms with Gasteiger partial charge in [-0.15, -0.1) is 0 Å². The molecule has 0 fully saturated rings. The molecule has 2 aromatic rings. The Hall–Kier alpha value is -2.67. The molecule has 1 N–H and O–H groups in total. The number of carbonyl (C=O) groups is 2. The van der Waals surface area contributed by atoms with E-state index in [4.69, 9.17) is 21.1 Å². The van der Waals surface area contributed by atoms with E-state index in [1.54, 1.807) is 18.2 Å². The van der Waals surface area contributed by atoms with E-state index in [-0.39, 0.29) is 5.69 Å². The first-order chi connectivity index (χ1) is 11.8. The van der Waals surface area contributed by atoms with E-state index in [2.05, 4.69) is 5.32 Å². The minimum absolute atomic E-state index is 0.344. The van der Waals surface area contributed by atoms with Gasteiger partial charge < -0.3 is 14.8 Å². The second-order valence-electron chi connectivity index (χ2n) is 4.99. The molecule has 8 heteroatoms. The number of anilines is 1. The molecule has 1 amide bonds. The zero-order valence-corrected chi connectivity index (χ0v) is 13.8. The Balaban J connectivity index is 1.85. The van der Waals surface area contributed by atoms with Crippen molar-refractivity contribution in [3.63, 3.8) is 0 Å². The van der Waals surface area contributed by atoms with E-state index in [0.29, 0.717) is 10.8 Å². The molecule has 132 valence electrons. The minimum atomic E-state index is -1.22. The molecule has 0 aliphatic carbocycles. The number of benzene rings is 2. The Labute approximate surface area is 147 Å². The van der Waals surface area contributed by atoms with Crippen LogP contribution in [0.5, 0.6) is 5.75 Å². The molecule has 2 aromatic carbocycles. The van der Waals surface area contributed by atoms with Crippen molar-refractivity contribution in [3.8, 4) is 5.75 Å². The number of esters is 1. The Morgan fingerprint density at radius 3 is 2.68 bits per heavy atom. The molecule has 0 unspecified atom stereocenters. The molecule has 0 aromatic heterocycles. The Morgan fingerprint density at radius 1 is 1.20 bits per heavy atom. The first-order valence-electron chi connectivity index (χ1n) is 7.19. The van der Waals surface area contributed by atoms with E-state index in [9.17, 15) is 18.4 Å². The number of nitrogens with one attached hydrogen (secondary N) is 1. The number of hydrogen-bond acceptors (Lipinski definition) is 4. The molecule has 0 aliphatic rings. The summed E-state index contributed by atoms with van der Waals surface area (Å²) in [5.41, 5.74) is -0.344. The van der Waals surface area contributed by atoms with Gasteiger partial charge in [0.1, 0.15) is 17.4 Å². The van der Waals surface area contributed by atoms with E-state index in [0.717, 1.165) is 18.2 Å². The van der Waals surface area contributed by atoms with Crippen LogP contribution >= 0.6 is 11.6 Å². The largest absolute Gasteiger partial charge is 0.482 e. The predicted octanol–water partition coefficient (Wildman–Crippen LogP) is 3.57. The second-order valence-corrected chi connectivity index (χ2v) is 5.43. The third kappa shape index (κ3) is 5.72. The molecule has 0 aliphatic heterocycles. The molecule has 0 spiro atoms. The maximum Gasteiger partial charge on any atom is 0.344 e. The van der Waals surface area contributed by atoms with Crippen LogP contribution in [-0.4, -0.2) is 24.6 Å². The van der Waals surface area contributed by atoms with Crippen molar-refractivity contribution in [1.82, 2.24) is 0 Å². The van der Waals surface area contributed by atoms with Crippen LogP contribution in [0.25, 0.3) is 0 Å². The van der Waals surface area contributed by atoms with Crippen LogP contribution in [0.3, 0.4) is 0 Å². The molecule has 0 heterocycles. The average molecular weight is 370 g/mol. The summed E-state index contributed by atoms with van der Waals surface area (Å²) in [6.45, 7) is 0.857. The highest BCUT2D eigenvalue weighted by molar-refractivity contribution is 6.30. The first kappa shape index (κ1) is 18.7. The number of amides is 1. The number of ether oxygens (including phenoxy) is 2. The van der Waals surface area contributed by atoms with Gasteiger partial charge in [-0.05, 0) is 37.3 Å². The summed E-state index contributed by atoms with van der Waals surface area (Å²) in [4.78, 5) is 23.6. The summed E-state index contributed by atoms with van der Waals surface area (Å²) >= 11 is 5.78. The Bertz CT molecular complexity index is 785. The fraction of sp³-hybridized carbons (Fsp3) is 0.176. The summed E-state index contributed by atoms with van der Waals surface area (Å²) in [6.07, 6.45) is -1.22. The molecule has 0 radical (unpaired) electrons. The second kappa shape index (κ2) is 8.43. The van der Waals surface area contributed by atoms with Gasteiger partial charge in [-0.3, -0.25) is 4.79 Å². The lowest BCUT2D eigenvalue weighted by Gasteiger charge is -2.14. The molecule has 0 saturated heterocycles. The van der Waals surface area contributed by atoms with E-state index < -0.39 is 36.2 Å². The van der Waals surface area contributed by atoms with Gasteiger partial charge >= 0.3 is 5.97 Å². The van der Waals surface area contributed by atoms with Crippen molar-refractivity contribution in [3.05, 3.63) is 59.1 Å². The lowest BCUT2D eigenvalue weighted by Crippen LogP contribution is -2.32. The SMILES string of the molecule is C[C@H](OC(=O)COc1cccc(Cl)c1)C(=O)Nc1cc(F)ccc1F. The fourth-order valence-corrected chi connectivity index (χ4v) is 1.99. The molecule has 25 heavy (non-hydrogen) atoms. The van der Waals surface area contributed by atoms with Crippen molar-refractivity contribution in [2.45, 2.75) is 13.0 Å². The quantitative estimate of drug-likeness (QED) is 0.791. The van der Waals surface area contributed by atoms with Crippen LogP contribution in [0.2, 0.25) is 5.02 Å².